The van der Waals surface area contributed by atoms with Gasteiger partial charge in [-0.2, -0.15) is 0 Å². The summed E-state index contributed by atoms with van der Waals surface area (Å²) >= 11 is 5.77. The Balaban J connectivity index is 2.17. The lowest BCUT2D eigenvalue weighted by atomic mass is 10.1. The summed E-state index contributed by atoms with van der Waals surface area (Å²) in [4.78, 5) is 16.3. The molecule has 6 nitrogen and oxygen atoms in total. The van der Waals surface area contributed by atoms with Crippen LogP contribution in [0.4, 0.5) is 0 Å². The summed E-state index contributed by atoms with van der Waals surface area (Å²) in [6.07, 6.45) is 4.75. The first-order valence-corrected chi connectivity index (χ1v) is 6.94. The maximum atomic E-state index is 10.7. The molecule has 1 atom stereocenters. The van der Waals surface area contributed by atoms with Crippen LogP contribution in [0.5, 0.6) is 0 Å². The van der Waals surface area contributed by atoms with Gasteiger partial charge in [-0.15, -0.1) is 0 Å². The zero-order valence-corrected chi connectivity index (χ0v) is 12.0. The molecule has 1 aliphatic heterocycles. The Morgan fingerprint density at radius 1 is 1.65 bits per heavy atom. The molecule has 1 aromatic rings. The fraction of sp³-hybridized carbons (Fsp3) is 0.462. The van der Waals surface area contributed by atoms with Crippen molar-refractivity contribution < 1.29 is 4.92 Å². The van der Waals surface area contributed by atoms with Crippen LogP contribution < -0.4 is 5.32 Å². The highest BCUT2D eigenvalue weighted by Crippen LogP contribution is 2.22. The highest BCUT2D eigenvalue weighted by molar-refractivity contribution is 6.29. The Bertz CT molecular complexity index is 504. The highest BCUT2D eigenvalue weighted by Gasteiger charge is 2.29. The van der Waals surface area contributed by atoms with Crippen LogP contribution in [-0.2, 0) is 6.54 Å². The molecule has 0 aromatic carbocycles. The van der Waals surface area contributed by atoms with Gasteiger partial charge in [0, 0.05) is 25.3 Å². The summed E-state index contributed by atoms with van der Waals surface area (Å²) in [7, 11) is 0. The number of halogens is 1. The van der Waals surface area contributed by atoms with Crippen molar-refractivity contribution in [3.63, 3.8) is 0 Å². The topological polar surface area (TPSA) is 71.3 Å². The third-order valence-electron chi connectivity index (χ3n) is 3.26. The molecule has 1 aliphatic rings. The van der Waals surface area contributed by atoms with Gasteiger partial charge in [0.25, 0.3) is 6.20 Å². The predicted octanol–water partition coefficient (Wildman–Crippen LogP) is 2.38. The SMILES string of the molecule is CCC[C@H]1CN/C(=C\[N+](=O)[O-])N1Cc1ccc(Cl)nc1. The maximum absolute atomic E-state index is 10.7. The summed E-state index contributed by atoms with van der Waals surface area (Å²) in [5, 5.41) is 14.2. The molecule has 0 bridgehead atoms. The van der Waals surface area contributed by atoms with Gasteiger partial charge in [-0.25, -0.2) is 4.98 Å². The largest absolute Gasteiger partial charge is 0.365 e. The van der Waals surface area contributed by atoms with E-state index in [1.807, 2.05) is 11.0 Å². The van der Waals surface area contributed by atoms with E-state index in [1.165, 1.54) is 0 Å². The Morgan fingerprint density at radius 3 is 3.05 bits per heavy atom. The zero-order chi connectivity index (χ0) is 14.5. The predicted molar refractivity (Wildman–Crippen MR) is 76.6 cm³/mol. The van der Waals surface area contributed by atoms with E-state index in [0.717, 1.165) is 31.1 Å². The number of pyridine rings is 1. The average Bonchev–Trinajstić information content (AvgIpc) is 2.75. The molecule has 0 spiro atoms. The average molecular weight is 297 g/mol. The van der Waals surface area contributed by atoms with Gasteiger partial charge in [-0.3, -0.25) is 10.1 Å². The quantitative estimate of drug-likeness (QED) is 0.513. The van der Waals surface area contributed by atoms with Crippen molar-refractivity contribution in [1.29, 1.82) is 0 Å². The minimum Gasteiger partial charge on any atom is -0.365 e. The molecule has 0 unspecified atom stereocenters. The monoisotopic (exact) mass is 296 g/mol. The van der Waals surface area contributed by atoms with Crippen LogP contribution in [-0.4, -0.2) is 27.4 Å². The van der Waals surface area contributed by atoms with Crippen molar-refractivity contribution in [3.8, 4) is 0 Å². The van der Waals surface area contributed by atoms with Crippen LogP contribution in [0.3, 0.4) is 0 Å². The molecule has 2 heterocycles. The van der Waals surface area contributed by atoms with Crippen molar-refractivity contribution in [1.82, 2.24) is 15.2 Å². The van der Waals surface area contributed by atoms with Gasteiger partial charge in [-0.1, -0.05) is 31.0 Å². The van der Waals surface area contributed by atoms with Crippen LogP contribution in [0, 0.1) is 10.1 Å². The van der Waals surface area contributed by atoms with Gasteiger partial charge >= 0.3 is 0 Å². The van der Waals surface area contributed by atoms with Crippen LogP contribution in [0.15, 0.2) is 30.4 Å². The Kier molecular flexibility index (Phi) is 4.79. The summed E-state index contributed by atoms with van der Waals surface area (Å²) in [5.74, 6) is 0.559. The number of nitro groups is 1. The van der Waals surface area contributed by atoms with E-state index < -0.39 is 4.92 Å². The minimum atomic E-state index is -0.427. The number of aromatic nitrogens is 1. The Hall–Kier alpha value is -1.82. The standard InChI is InChI=1S/C13H17ClN4O2/c1-2-3-11-7-16-13(9-18(19)20)17(11)8-10-4-5-12(14)15-6-10/h4-6,9,11,16H,2-3,7-8H2,1H3/b13-9+/t11-/m0/s1. The van der Waals surface area contributed by atoms with E-state index in [0.29, 0.717) is 17.5 Å². The molecule has 1 N–H and O–H groups in total. The fourth-order valence-electron chi connectivity index (χ4n) is 2.35. The molecule has 108 valence electrons. The lowest BCUT2D eigenvalue weighted by molar-refractivity contribution is -0.404. The molecular formula is C13H17ClN4O2. The maximum Gasteiger partial charge on any atom is 0.274 e. The molecule has 0 amide bonds. The third kappa shape index (κ3) is 3.60. The van der Waals surface area contributed by atoms with Crippen molar-refractivity contribution in [3.05, 3.63) is 51.2 Å². The number of nitrogens with zero attached hydrogens (tertiary/aromatic N) is 3. The number of hydrogen-bond donors (Lipinski definition) is 1. The molecule has 1 aromatic heterocycles. The molecule has 0 radical (unpaired) electrons. The van der Waals surface area contributed by atoms with Gasteiger partial charge in [0.15, 0.2) is 5.82 Å². The summed E-state index contributed by atoms with van der Waals surface area (Å²) < 4.78 is 0. The summed E-state index contributed by atoms with van der Waals surface area (Å²) in [5.41, 5.74) is 0.980. The highest BCUT2D eigenvalue weighted by atomic mass is 35.5. The second-order valence-corrected chi connectivity index (χ2v) is 5.13. The van der Waals surface area contributed by atoms with Gasteiger partial charge in [0.05, 0.1) is 4.92 Å². The lowest BCUT2D eigenvalue weighted by Gasteiger charge is -2.24. The van der Waals surface area contributed by atoms with E-state index in [1.54, 1.807) is 12.3 Å². The molecule has 1 fully saturated rings. The first kappa shape index (κ1) is 14.6. The van der Waals surface area contributed by atoms with E-state index >= 15 is 0 Å². The van der Waals surface area contributed by atoms with Crippen molar-refractivity contribution in [2.45, 2.75) is 32.4 Å². The molecule has 0 aliphatic carbocycles. The van der Waals surface area contributed by atoms with Crippen LogP contribution in [0.2, 0.25) is 5.15 Å². The van der Waals surface area contributed by atoms with Crippen molar-refractivity contribution in [2.75, 3.05) is 6.54 Å². The van der Waals surface area contributed by atoms with E-state index in [2.05, 4.69) is 17.2 Å². The first-order valence-electron chi connectivity index (χ1n) is 6.56. The van der Waals surface area contributed by atoms with Crippen molar-refractivity contribution >= 4 is 11.6 Å². The van der Waals surface area contributed by atoms with Crippen LogP contribution in [0.1, 0.15) is 25.3 Å². The smallest absolute Gasteiger partial charge is 0.274 e. The van der Waals surface area contributed by atoms with E-state index in [9.17, 15) is 10.1 Å². The van der Waals surface area contributed by atoms with Crippen LogP contribution in [0.25, 0.3) is 0 Å². The van der Waals surface area contributed by atoms with Gasteiger partial charge in [0.1, 0.15) is 5.15 Å². The zero-order valence-electron chi connectivity index (χ0n) is 11.3. The van der Waals surface area contributed by atoms with E-state index in [-0.39, 0.29) is 6.04 Å². The first-order chi connectivity index (χ1) is 9.60. The van der Waals surface area contributed by atoms with Gasteiger partial charge in [-0.05, 0) is 18.1 Å². The summed E-state index contributed by atoms with van der Waals surface area (Å²) in [6, 6.07) is 3.88. The second-order valence-electron chi connectivity index (χ2n) is 4.74. The molecule has 2 rings (SSSR count). The molecular weight excluding hydrogens is 280 g/mol. The van der Waals surface area contributed by atoms with Crippen molar-refractivity contribution in [2.24, 2.45) is 0 Å². The number of hydrogen-bond acceptors (Lipinski definition) is 5. The molecule has 1 saturated heterocycles. The Labute approximate surface area is 122 Å². The fourth-order valence-corrected chi connectivity index (χ4v) is 2.46. The van der Waals surface area contributed by atoms with Gasteiger partial charge < -0.3 is 10.2 Å². The minimum absolute atomic E-state index is 0.266. The number of rotatable bonds is 5. The third-order valence-corrected chi connectivity index (χ3v) is 3.48. The summed E-state index contributed by atoms with van der Waals surface area (Å²) in [6.45, 7) is 3.42. The number of nitrogens with one attached hydrogen (secondary N) is 1. The van der Waals surface area contributed by atoms with Gasteiger partial charge in [0.2, 0.25) is 0 Å². The second kappa shape index (κ2) is 6.56. The molecule has 7 heteroatoms. The Morgan fingerprint density at radius 2 is 2.45 bits per heavy atom. The normalized spacial score (nSPS) is 20.2. The van der Waals surface area contributed by atoms with E-state index in [4.69, 9.17) is 11.6 Å². The van der Waals surface area contributed by atoms with Crippen LogP contribution >= 0.6 is 11.6 Å². The molecule has 20 heavy (non-hydrogen) atoms. The lowest BCUT2D eigenvalue weighted by Crippen LogP contribution is -2.29. The molecule has 0 saturated carbocycles.